The average molecular weight is 270 g/mol. The molecule has 0 heteroatoms. The minimum atomic E-state index is 0.858. The van der Waals surface area contributed by atoms with Gasteiger partial charge in [0.1, 0.15) is 0 Å². The van der Waals surface area contributed by atoms with E-state index in [1.54, 1.807) is 5.56 Å². The molecule has 0 aliphatic heterocycles. The van der Waals surface area contributed by atoms with Crippen molar-refractivity contribution >= 4 is 0 Å². The summed E-state index contributed by atoms with van der Waals surface area (Å²) in [6.07, 6.45) is 14.8. The van der Waals surface area contributed by atoms with E-state index >= 15 is 0 Å². The first-order valence-electron chi connectivity index (χ1n) is 8.91. The Kier molecular flexibility index (Phi) is 4.81. The average Bonchev–Trinajstić information content (AvgIpc) is 2.52. The molecule has 0 radical (unpaired) electrons. The highest BCUT2D eigenvalue weighted by Gasteiger charge is 2.32. The van der Waals surface area contributed by atoms with Gasteiger partial charge >= 0.3 is 0 Å². The van der Waals surface area contributed by atoms with Gasteiger partial charge in [-0.3, -0.25) is 0 Å². The quantitative estimate of drug-likeness (QED) is 0.610. The van der Waals surface area contributed by atoms with Gasteiger partial charge in [-0.05, 0) is 55.9 Å². The zero-order valence-corrected chi connectivity index (χ0v) is 13.1. The molecule has 20 heavy (non-hydrogen) atoms. The van der Waals surface area contributed by atoms with Crippen LogP contribution in [0.1, 0.15) is 81.3 Å². The molecule has 2 saturated carbocycles. The molecule has 3 rings (SSSR count). The smallest absolute Gasteiger partial charge is 0.0105 e. The number of hydrogen-bond donors (Lipinski definition) is 0. The van der Waals surface area contributed by atoms with Gasteiger partial charge in [0.15, 0.2) is 0 Å². The lowest BCUT2D eigenvalue weighted by atomic mass is 9.67. The first-order chi connectivity index (χ1) is 9.84. The van der Waals surface area contributed by atoms with Crippen LogP contribution in [0.15, 0.2) is 24.3 Å². The lowest BCUT2D eigenvalue weighted by Gasteiger charge is -2.38. The summed E-state index contributed by atoms with van der Waals surface area (Å²) in [5.74, 6) is 2.79. The summed E-state index contributed by atoms with van der Waals surface area (Å²) in [7, 11) is 0. The molecule has 0 amide bonds. The van der Waals surface area contributed by atoms with Gasteiger partial charge < -0.3 is 0 Å². The van der Waals surface area contributed by atoms with Crippen LogP contribution >= 0.6 is 0 Å². The fraction of sp³-hybridized carbons (Fsp3) is 0.700. The van der Waals surface area contributed by atoms with E-state index in [1.807, 2.05) is 0 Å². The first kappa shape index (κ1) is 14.2. The third-order valence-corrected chi connectivity index (χ3v) is 5.78. The van der Waals surface area contributed by atoms with Gasteiger partial charge in [0, 0.05) is 0 Å². The van der Waals surface area contributed by atoms with Crippen LogP contribution in [0.3, 0.4) is 0 Å². The Morgan fingerprint density at radius 3 is 1.60 bits per heavy atom. The van der Waals surface area contributed by atoms with Gasteiger partial charge in [-0.2, -0.15) is 0 Å². The molecule has 1 aromatic carbocycles. The summed E-state index contributed by atoms with van der Waals surface area (Å²) in [6.45, 7) is 2.21. The van der Waals surface area contributed by atoms with Crippen molar-refractivity contribution in [2.75, 3.05) is 0 Å². The van der Waals surface area contributed by atoms with Crippen molar-refractivity contribution in [2.45, 2.75) is 77.0 Å². The molecule has 0 bridgehead atoms. The maximum absolute atomic E-state index is 2.43. The number of hydrogen-bond acceptors (Lipinski definition) is 0. The van der Waals surface area contributed by atoms with Gasteiger partial charge in [-0.25, -0.2) is 0 Å². The maximum atomic E-state index is 2.43. The van der Waals surface area contributed by atoms with E-state index in [0.717, 1.165) is 17.8 Å². The molecule has 0 saturated heterocycles. The molecule has 0 atom stereocenters. The summed E-state index contributed by atoms with van der Waals surface area (Å²) in [5.41, 5.74) is 3.05. The Balaban J connectivity index is 1.83. The van der Waals surface area contributed by atoms with Crippen molar-refractivity contribution in [1.29, 1.82) is 0 Å². The zero-order chi connectivity index (χ0) is 13.8. The van der Waals surface area contributed by atoms with Crippen molar-refractivity contribution in [3.8, 4) is 0 Å². The molecular formula is C20H30. The molecule has 1 aromatic rings. The molecule has 0 spiro atoms. The van der Waals surface area contributed by atoms with Crippen molar-refractivity contribution in [3.63, 3.8) is 0 Å². The monoisotopic (exact) mass is 270 g/mol. The van der Waals surface area contributed by atoms with Crippen LogP contribution in [-0.2, 0) is 0 Å². The van der Waals surface area contributed by atoms with Crippen molar-refractivity contribution < 1.29 is 0 Å². The molecule has 0 nitrogen and oxygen atoms in total. The van der Waals surface area contributed by atoms with Gasteiger partial charge in [0.05, 0.1) is 0 Å². The van der Waals surface area contributed by atoms with Crippen LogP contribution in [-0.4, -0.2) is 0 Å². The second kappa shape index (κ2) is 6.78. The summed E-state index contributed by atoms with van der Waals surface area (Å²) >= 11 is 0. The molecule has 2 fully saturated rings. The largest absolute Gasteiger partial charge is 0.0590 e. The number of benzene rings is 1. The predicted molar refractivity (Wildman–Crippen MR) is 87.1 cm³/mol. The lowest BCUT2D eigenvalue weighted by molar-refractivity contribution is 0.202. The van der Waals surface area contributed by atoms with Crippen molar-refractivity contribution in [3.05, 3.63) is 35.4 Å². The highest BCUT2D eigenvalue weighted by atomic mass is 14.4. The zero-order valence-electron chi connectivity index (χ0n) is 13.1. The van der Waals surface area contributed by atoms with E-state index in [1.165, 1.54) is 69.8 Å². The van der Waals surface area contributed by atoms with Gasteiger partial charge in [-0.15, -0.1) is 0 Å². The van der Waals surface area contributed by atoms with Crippen LogP contribution in [0, 0.1) is 18.8 Å². The van der Waals surface area contributed by atoms with Crippen LogP contribution in [0.25, 0.3) is 0 Å². The Morgan fingerprint density at radius 2 is 1.15 bits per heavy atom. The second-order valence-electron chi connectivity index (χ2n) is 7.23. The molecule has 2 aliphatic carbocycles. The highest BCUT2D eigenvalue weighted by Crippen LogP contribution is 2.45. The van der Waals surface area contributed by atoms with Gasteiger partial charge in [0.2, 0.25) is 0 Å². The van der Waals surface area contributed by atoms with E-state index in [2.05, 4.69) is 31.2 Å². The summed E-state index contributed by atoms with van der Waals surface area (Å²) in [4.78, 5) is 0. The fourth-order valence-corrected chi connectivity index (χ4v) is 4.70. The van der Waals surface area contributed by atoms with Gasteiger partial charge in [-0.1, -0.05) is 68.4 Å². The van der Waals surface area contributed by atoms with E-state index < -0.39 is 0 Å². The molecule has 110 valence electrons. The maximum Gasteiger partial charge on any atom is -0.0105 e. The first-order valence-corrected chi connectivity index (χ1v) is 8.91. The van der Waals surface area contributed by atoms with Crippen LogP contribution < -0.4 is 0 Å². The Labute approximate surface area is 125 Å². The van der Waals surface area contributed by atoms with Crippen LogP contribution in [0.5, 0.6) is 0 Å². The molecule has 0 N–H and O–H groups in total. The molecule has 2 aliphatic rings. The topological polar surface area (TPSA) is 0 Å². The van der Waals surface area contributed by atoms with Crippen LogP contribution in [0.4, 0.5) is 0 Å². The minimum Gasteiger partial charge on any atom is -0.0590 e. The number of aryl methyl sites for hydroxylation is 1. The highest BCUT2D eigenvalue weighted by molar-refractivity contribution is 5.26. The summed E-state index contributed by atoms with van der Waals surface area (Å²) in [6, 6.07) is 9.52. The minimum absolute atomic E-state index is 0.858. The molecule has 0 heterocycles. The SMILES string of the molecule is Cc1ccc(C(C2CCCCC2)C2CCCCC2)cc1. The molecule has 0 unspecified atom stereocenters. The third-order valence-electron chi connectivity index (χ3n) is 5.78. The predicted octanol–water partition coefficient (Wildman–Crippen LogP) is 6.24. The lowest BCUT2D eigenvalue weighted by Crippen LogP contribution is -2.25. The molecule has 0 aromatic heterocycles. The summed E-state index contributed by atoms with van der Waals surface area (Å²) < 4.78 is 0. The van der Waals surface area contributed by atoms with E-state index in [0.29, 0.717) is 0 Å². The van der Waals surface area contributed by atoms with Gasteiger partial charge in [0.25, 0.3) is 0 Å². The van der Waals surface area contributed by atoms with E-state index in [4.69, 9.17) is 0 Å². The van der Waals surface area contributed by atoms with Crippen molar-refractivity contribution in [1.82, 2.24) is 0 Å². The van der Waals surface area contributed by atoms with Crippen molar-refractivity contribution in [2.24, 2.45) is 11.8 Å². The third kappa shape index (κ3) is 3.27. The standard InChI is InChI=1S/C20H30/c1-16-12-14-19(15-13-16)20(17-8-4-2-5-9-17)18-10-6-3-7-11-18/h12-15,17-18,20H,2-11H2,1H3. The Bertz CT molecular complexity index is 373. The van der Waals surface area contributed by atoms with E-state index in [-0.39, 0.29) is 0 Å². The van der Waals surface area contributed by atoms with E-state index in [9.17, 15) is 0 Å². The molecular weight excluding hydrogens is 240 g/mol. The normalized spacial score (nSPS) is 22.3. The summed E-state index contributed by atoms with van der Waals surface area (Å²) in [5, 5.41) is 0. The van der Waals surface area contributed by atoms with Crippen LogP contribution in [0.2, 0.25) is 0 Å². The second-order valence-corrected chi connectivity index (χ2v) is 7.23. The Hall–Kier alpha value is -0.780. The Morgan fingerprint density at radius 1 is 0.700 bits per heavy atom. The number of rotatable bonds is 3. The fourth-order valence-electron chi connectivity index (χ4n) is 4.70.